The van der Waals surface area contributed by atoms with Gasteiger partial charge in [-0.1, -0.05) is 17.7 Å². The van der Waals surface area contributed by atoms with Gasteiger partial charge in [-0.05, 0) is 48.5 Å². The summed E-state index contributed by atoms with van der Waals surface area (Å²) >= 11 is 6.12. The molecule has 2 amide bonds. The van der Waals surface area contributed by atoms with E-state index in [0.29, 0.717) is 11.5 Å². The molecule has 0 saturated heterocycles. The molecule has 0 saturated carbocycles. The molecule has 0 aliphatic heterocycles. The molecule has 0 aliphatic carbocycles. The maximum atomic E-state index is 12.9. The number of benzene rings is 2. The number of aliphatic hydroxyl groups excluding tert-OH is 2. The zero-order valence-corrected chi connectivity index (χ0v) is 18.7. The number of hydrogen-bond acceptors (Lipinski definition) is 6. The highest BCUT2D eigenvalue weighted by Gasteiger charge is 2.31. The fourth-order valence-corrected chi connectivity index (χ4v) is 3.13. The number of hydrogen-bond donors (Lipinski definition) is 5. The van der Waals surface area contributed by atoms with Crippen LogP contribution in [0.15, 0.2) is 60.8 Å². The average Bonchev–Trinajstić information content (AvgIpc) is 2.84. The lowest BCUT2D eigenvalue weighted by Crippen LogP contribution is -2.28. The number of carbonyl (C=O) groups excluding carboxylic acids is 2. The topological polar surface area (TPSA) is 124 Å². The number of carbonyl (C=O) groups is 2. The Balaban J connectivity index is 1.71. The molecule has 2 aromatic carbocycles. The van der Waals surface area contributed by atoms with Crippen molar-refractivity contribution in [3.05, 3.63) is 82.5 Å². The van der Waals surface area contributed by atoms with Crippen LogP contribution in [-0.2, 0) is 6.18 Å². The molecule has 0 bridgehead atoms. The molecule has 3 aromatic rings. The second kappa shape index (κ2) is 11.2. The van der Waals surface area contributed by atoms with Crippen LogP contribution in [0.4, 0.5) is 30.4 Å². The molecule has 0 aliphatic rings. The highest BCUT2D eigenvalue weighted by Crippen LogP contribution is 2.30. The molecule has 1 aromatic heterocycles. The monoisotopic (exact) mass is 508 g/mol. The minimum absolute atomic E-state index is 0.0105. The molecule has 184 valence electrons. The van der Waals surface area contributed by atoms with Crippen LogP contribution in [0.25, 0.3) is 0 Å². The van der Waals surface area contributed by atoms with Crippen LogP contribution in [0, 0.1) is 0 Å². The Labute approximate surface area is 202 Å². The Bertz CT molecular complexity index is 1200. The molecular weight excluding hydrogens is 489 g/mol. The number of anilines is 3. The van der Waals surface area contributed by atoms with E-state index in [1.54, 1.807) is 0 Å². The smallest absolute Gasteiger partial charge is 0.394 e. The summed E-state index contributed by atoms with van der Waals surface area (Å²) in [4.78, 5) is 29.2. The molecule has 3 rings (SSSR count). The van der Waals surface area contributed by atoms with Gasteiger partial charge in [0, 0.05) is 11.3 Å². The predicted octanol–water partition coefficient (Wildman–Crippen LogP) is 4.02. The largest absolute Gasteiger partial charge is 0.416 e. The number of nitrogens with one attached hydrogen (secondary N) is 3. The third-order valence-corrected chi connectivity index (χ3v) is 5.06. The second-order valence-corrected chi connectivity index (χ2v) is 7.73. The Morgan fingerprint density at radius 3 is 2.26 bits per heavy atom. The third kappa shape index (κ3) is 6.92. The van der Waals surface area contributed by atoms with E-state index in [1.807, 2.05) is 0 Å². The molecule has 5 N–H and O–H groups in total. The highest BCUT2D eigenvalue weighted by atomic mass is 35.5. The van der Waals surface area contributed by atoms with Crippen LogP contribution in [0.1, 0.15) is 26.3 Å². The lowest BCUT2D eigenvalue weighted by atomic mass is 10.1. The number of rotatable bonds is 8. The van der Waals surface area contributed by atoms with Crippen molar-refractivity contribution in [1.29, 1.82) is 0 Å². The van der Waals surface area contributed by atoms with Gasteiger partial charge in [0.05, 0.1) is 47.3 Å². The Kier molecular flexibility index (Phi) is 8.28. The first-order valence-corrected chi connectivity index (χ1v) is 10.5. The molecule has 0 radical (unpaired) electrons. The van der Waals surface area contributed by atoms with Gasteiger partial charge in [0.25, 0.3) is 11.8 Å². The molecule has 8 nitrogen and oxygen atoms in total. The maximum absolute atomic E-state index is 12.9. The van der Waals surface area contributed by atoms with Crippen LogP contribution in [-0.4, -0.2) is 46.3 Å². The van der Waals surface area contributed by atoms with Gasteiger partial charge >= 0.3 is 6.18 Å². The molecule has 12 heteroatoms. The van der Waals surface area contributed by atoms with Gasteiger partial charge in [-0.2, -0.15) is 13.2 Å². The number of amides is 2. The summed E-state index contributed by atoms with van der Waals surface area (Å²) in [5, 5.41) is 26.1. The maximum Gasteiger partial charge on any atom is 0.416 e. The van der Waals surface area contributed by atoms with E-state index in [9.17, 15) is 22.8 Å². The number of halogens is 4. The van der Waals surface area contributed by atoms with Crippen molar-refractivity contribution >= 4 is 40.6 Å². The first-order chi connectivity index (χ1) is 16.6. The zero-order chi connectivity index (χ0) is 25.6. The van der Waals surface area contributed by atoms with Crippen LogP contribution >= 0.6 is 11.6 Å². The van der Waals surface area contributed by atoms with Crippen molar-refractivity contribution in [3.63, 3.8) is 0 Å². The van der Waals surface area contributed by atoms with Crippen LogP contribution in [0.2, 0.25) is 5.02 Å². The van der Waals surface area contributed by atoms with Crippen LogP contribution < -0.4 is 16.0 Å². The predicted molar refractivity (Wildman–Crippen MR) is 125 cm³/mol. The molecule has 0 unspecified atom stereocenters. The van der Waals surface area contributed by atoms with Crippen molar-refractivity contribution in [2.75, 3.05) is 29.2 Å². The molecule has 0 fully saturated rings. The van der Waals surface area contributed by atoms with Gasteiger partial charge in [-0.3, -0.25) is 9.59 Å². The molecule has 0 atom stereocenters. The summed E-state index contributed by atoms with van der Waals surface area (Å²) in [6.45, 7) is -0.592. The van der Waals surface area contributed by atoms with E-state index in [4.69, 9.17) is 21.8 Å². The summed E-state index contributed by atoms with van der Waals surface area (Å²) in [5.74, 6) is -1.04. The normalized spacial score (nSPS) is 11.3. The minimum atomic E-state index is -4.59. The van der Waals surface area contributed by atoms with Gasteiger partial charge in [-0.15, -0.1) is 0 Å². The standard InChI is InChI=1S/C23H20ClF3N4O4/c24-19-6-4-15(30-21(34)13-2-1-3-14(8-13)23(25,26)27)9-18(19)22(35)31-16-5-7-20(28-10-16)29-17(11-32)12-33/h1-10,17,32-33H,11-12H2,(H,28,29)(H,30,34)(H,31,35). The van der Waals surface area contributed by atoms with E-state index in [2.05, 4.69) is 20.9 Å². The van der Waals surface area contributed by atoms with Crippen molar-refractivity contribution in [2.45, 2.75) is 12.2 Å². The zero-order valence-electron chi connectivity index (χ0n) is 17.9. The Hall–Kier alpha value is -3.67. The van der Waals surface area contributed by atoms with Gasteiger partial charge in [0.2, 0.25) is 0 Å². The number of aliphatic hydroxyl groups is 2. The van der Waals surface area contributed by atoms with Crippen LogP contribution in [0.5, 0.6) is 0 Å². The summed E-state index contributed by atoms with van der Waals surface area (Å²) in [6, 6.07) is 10.5. The van der Waals surface area contributed by atoms with Gasteiger partial charge in [-0.25, -0.2) is 4.98 Å². The quantitative estimate of drug-likeness (QED) is 0.313. The van der Waals surface area contributed by atoms with E-state index in [0.717, 1.165) is 18.2 Å². The molecule has 0 spiro atoms. The summed E-state index contributed by atoms with van der Waals surface area (Å²) in [5.41, 5.74) is -0.681. The number of aromatic nitrogens is 1. The van der Waals surface area contributed by atoms with Gasteiger partial charge < -0.3 is 26.2 Å². The van der Waals surface area contributed by atoms with Crippen molar-refractivity contribution < 1.29 is 33.0 Å². The van der Waals surface area contributed by atoms with E-state index >= 15 is 0 Å². The lowest BCUT2D eigenvalue weighted by molar-refractivity contribution is -0.137. The third-order valence-electron chi connectivity index (χ3n) is 4.74. The van der Waals surface area contributed by atoms with E-state index in [1.165, 1.54) is 42.6 Å². The fraction of sp³-hybridized carbons (Fsp3) is 0.174. The highest BCUT2D eigenvalue weighted by molar-refractivity contribution is 6.34. The van der Waals surface area contributed by atoms with E-state index in [-0.39, 0.29) is 35.1 Å². The summed E-state index contributed by atoms with van der Waals surface area (Å²) < 4.78 is 38.7. The second-order valence-electron chi connectivity index (χ2n) is 7.32. The lowest BCUT2D eigenvalue weighted by Gasteiger charge is -2.14. The summed E-state index contributed by atoms with van der Waals surface area (Å²) in [6.07, 6.45) is -3.25. The Morgan fingerprint density at radius 2 is 1.63 bits per heavy atom. The molecular formula is C23H20ClF3N4O4. The number of nitrogens with zero attached hydrogens (tertiary/aromatic N) is 1. The van der Waals surface area contributed by atoms with E-state index < -0.39 is 29.6 Å². The number of alkyl halides is 3. The molecule has 35 heavy (non-hydrogen) atoms. The minimum Gasteiger partial charge on any atom is -0.394 e. The van der Waals surface area contributed by atoms with Crippen molar-refractivity contribution in [1.82, 2.24) is 4.98 Å². The first-order valence-electron chi connectivity index (χ1n) is 10.1. The van der Waals surface area contributed by atoms with Crippen LogP contribution in [0.3, 0.4) is 0 Å². The average molecular weight is 509 g/mol. The van der Waals surface area contributed by atoms with Gasteiger partial charge in [0.1, 0.15) is 5.82 Å². The van der Waals surface area contributed by atoms with Crippen molar-refractivity contribution in [3.8, 4) is 0 Å². The number of pyridine rings is 1. The molecule has 1 heterocycles. The fourth-order valence-electron chi connectivity index (χ4n) is 2.93. The Morgan fingerprint density at radius 1 is 0.943 bits per heavy atom. The summed E-state index contributed by atoms with van der Waals surface area (Å²) in [7, 11) is 0. The first kappa shape index (κ1) is 25.9. The van der Waals surface area contributed by atoms with Crippen molar-refractivity contribution in [2.24, 2.45) is 0 Å². The van der Waals surface area contributed by atoms with Gasteiger partial charge in [0.15, 0.2) is 0 Å². The SMILES string of the molecule is O=C(Nc1ccc(Cl)c(C(=O)Nc2ccc(NC(CO)CO)nc2)c1)c1cccc(C(F)(F)F)c1.